The molecule has 3 aromatic rings. The SMILES string of the molecule is CN1C(=O)[C@H](NC(=O)c2cc(Oc3ccc(F)cc3)ccn2)COc2ccc(C#CC3(O)COC3)cc21. The maximum absolute atomic E-state index is 13.2. The second-order valence-corrected chi connectivity index (χ2v) is 8.62. The molecule has 10 heteroatoms. The number of benzene rings is 2. The number of hydrogen-bond acceptors (Lipinski definition) is 7. The summed E-state index contributed by atoms with van der Waals surface area (Å²) < 4.78 is 29.6. The molecule has 0 aliphatic carbocycles. The highest BCUT2D eigenvalue weighted by molar-refractivity contribution is 6.03. The van der Waals surface area contributed by atoms with E-state index in [1.807, 2.05) is 0 Å². The minimum absolute atomic E-state index is 0.0345. The molecule has 188 valence electrons. The summed E-state index contributed by atoms with van der Waals surface area (Å²) in [5.41, 5.74) is -0.0482. The lowest BCUT2D eigenvalue weighted by atomic mass is 10.0. The minimum atomic E-state index is -1.16. The topological polar surface area (TPSA) is 110 Å². The molecule has 37 heavy (non-hydrogen) atoms. The Bertz CT molecular complexity index is 1410. The van der Waals surface area contributed by atoms with Gasteiger partial charge in [0, 0.05) is 24.9 Å². The Balaban J connectivity index is 1.28. The summed E-state index contributed by atoms with van der Waals surface area (Å²) in [5.74, 6) is 5.49. The molecule has 0 bridgehead atoms. The van der Waals surface area contributed by atoms with Gasteiger partial charge in [-0.05, 0) is 48.5 Å². The van der Waals surface area contributed by atoms with Gasteiger partial charge in [-0.2, -0.15) is 0 Å². The number of carbonyl (C=O) groups excluding carboxylic acids is 2. The van der Waals surface area contributed by atoms with Crippen molar-refractivity contribution in [3.63, 3.8) is 0 Å². The highest BCUT2D eigenvalue weighted by Gasteiger charge is 2.34. The van der Waals surface area contributed by atoms with Crippen LogP contribution < -0.4 is 19.7 Å². The third kappa shape index (κ3) is 5.38. The number of ether oxygens (including phenoxy) is 3. The number of rotatable bonds is 4. The maximum atomic E-state index is 13.2. The standard InChI is InChI=1S/C27H22FN3O6/c1-31-23-12-17(8-10-27(34)15-35-16-27)2-7-24(23)36-14-22(26(31)33)30-25(32)21-13-20(9-11-29-21)37-19-5-3-18(28)4-6-19/h2-7,9,11-13,22,34H,14-16H2,1H3,(H,30,32)/t22-/m1/s1. The Morgan fingerprint density at radius 3 is 2.70 bits per heavy atom. The third-order valence-corrected chi connectivity index (χ3v) is 5.79. The predicted octanol–water partition coefficient (Wildman–Crippen LogP) is 2.28. The summed E-state index contributed by atoms with van der Waals surface area (Å²) in [6.07, 6.45) is 1.40. The number of aliphatic hydroxyl groups is 1. The van der Waals surface area contributed by atoms with Crippen molar-refractivity contribution in [1.29, 1.82) is 0 Å². The lowest BCUT2D eigenvalue weighted by Crippen LogP contribution is -2.49. The number of fused-ring (bicyclic) bond motifs is 1. The molecule has 9 nitrogen and oxygen atoms in total. The zero-order valence-electron chi connectivity index (χ0n) is 19.7. The van der Waals surface area contributed by atoms with E-state index in [-0.39, 0.29) is 31.4 Å². The first-order valence-corrected chi connectivity index (χ1v) is 11.4. The fourth-order valence-corrected chi connectivity index (χ4v) is 3.71. The molecular formula is C27H22FN3O6. The minimum Gasteiger partial charge on any atom is -0.489 e. The average Bonchev–Trinajstić information content (AvgIpc) is 3.00. The van der Waals surface area contributed by atoms with Gasteiger partial charge in [-0.1, -0.05) is 11.8 Å². The summed E-state index contributed by atoms with van der Waals surface area (Å²) in [7, 11) is 1.58. The number of nitrogens with zero attached hydrogens (tertiary/aromatic N) is 2. The molecule has 2 aliphatic heterocycles. The van der Waals surface area contributed by atoms with Crippen LogP contribution in [0.3, 0.4) is 0 Å². The number of hydrogen-bond donors (Lipinski definition) is 2. The molecule has 2 N–H and O–H groups in total. The van der Waals surface area contributed by atoms with Crippen LogP contribution in [0.25, 0.3) is 0 Å². The first-order valence-electron chi connectivity index (χ1n) is 11.4. The molecule has 2 aromatic carbocycles. The van der Waals surface area contributed by atoms with Crippen LogP contribution in [0.15, 0.2) is 60.8 Å². The van der Waals surface area contributed by atoms with Crippen LogP contribution in [0, 0.1) is 17.7 Å². The van der Waals surface area contributed by atoms with E-state index in [1.165, 1.54) is 41.4 Å². The molecule has 2 aliphatic rings. The number of pyridine rings is 1. The van der Waals surface area contributed by atoms with Crippen LogP contribution in [0.2, 0.25) is 0 Å². The Hall–Kier alpha value is -4.46. The van der Waals surface area contributed by atoms with Gasteiger partial charge >= 0.3 is 0 Å². The first kappa shape index (κ1) is 24.2. The molecule has 0 spiro atoms. The van der Waals surface area contributed by atoms with Crippen LogP contribution >= 0.6 is 0 Å². The monoisotopic (exact) mass is 503 g/mol. The fraction of sp³-hybridized carbons (Fsp3) is 0.222. The number of carbonyl (C=O) groups is 2. The summed E-state index contributed by atoms with van der Waals surface area (Å²) in [6, 6.07) is 12.6. The number of anilines is 1. The van der Waals surface area contributed by atoms with Crippen LogP contribution in [-0.4, -0.2) is 60.4 Å². The van der Waals surface area contributed by atoms with Crippen molar-refractivity contribution < 1.29 is 33.3 Å². The zero-order chi connectivity index (χ0) is 26.0. The molecule has 3 heterocycles. The van der Waals surface area contributed by atoms with Crippen LogP contribution in [0.4, 0.5) is 10.1 Å². The van der Waals surface area contributed by atoms with Gasteiger partial charge in [-0.3, -0.25) is 14.6 Å². The smallest absolute Gasteiger partial charge is 0.270 e. The zero-order valence-corrected chi connectivity index (χ0v) is 19.7. The molecule has 1 aromatic heterocycles. The Morgan fingerprint density at radius 1 is 1.19 bits per heavy atom. The van der Waals surface area contributed by atoms with Gasteiger partial charge in [0.05, 0.1) is 18.9 Å². The molecule has 1 atom stereocenters. The number of likely N-dealkylation sites (N-methyl/N-ethyl adjacent to an activating group) is 1. The Morgan fingerprint density at radius 2 is 1.97 bits per heavy atom. The van der Waals surface area contributed by atoms with Crippen molar-refractivity contribution in [3.8, 4) is 29.1 Å². The fourth-order valence-electron chi connectivity index (χ4n) is 3.71. The van der Waals surface area contributed by atoms with E-state index < -0.39 is 23.4 Å². The van der Waals surface area contributed by atoms with Gasteiger partial charge in [0.2, 0.25) is 0 Å². The Kier molecular flexibility index (Phi) is 6.48. The van der Waals surface area contributed by atoms with Gasteiger partial charge in [-0.25, -0.2) is 4.39 Å². The van der Waals surface area contributed by atoms with Crippen molar-refractivity contribution in [2.24, 2.45) is 0 Å². The summed E-state index contributed by atoms with van der Waals surface area (Å²) in [4.78, 5) is 31.5. The van der Waals surface area contributed by atoms with Crippen molar-refractivity contribution in [3.05, 3.63) is 77.9 Å². The molecule has 1 saturated heterocycles. The molecule has 0 radical (unpaired) electrons. The summed E-state index contributed by atoms with van der Waals surface area (Å²) in [5, 5.41) is 12.8. The first-order chi connectivity index (χ1) is 17.8. The lowest BCUT2D eigenvalue weighted by molar-refractivity contribution is -0.140. The van der Waals surface area contributed by atoms with E-state index in [1.54, 1.807) is 31.3 Å². The van der Waals surface area contributed by atoms with E-state index in [2.05, 4.69) is 22.1 Å². The average molecular weight is 503 g/mol. The maximum Gasteiger partial charge on any atom is 0.270 e. The van der Waals surface area contributed by atoms with Crippen molar-refractivity contribution in [2.75, 3.05) is 31.8 Å². The second-order valence-electron chi connectivity index (χ2n) is 8.62. The van der Waals surface area contributed by atoms with Crippen molar-refractivity contribution in [1.82, 2.24) is 10.3 Å². The van der Waals surface area contributed by atoms with Crippen LogP contribution in [0.1, 0.15) is 16.1 Å². The Labute approximate surface area is 211 Å². The molecule has 2 amide bonds. The van der Waals surface area contributed by atoms with E-state index in [0.29, 0.717) is 28.5 Å². The second kappa shape index (κ2) is 9.89. The highest BCUT2D eigenvalue weighted by Crippen LogP contribution is 2.32. The normalized spacial score (nSPS) is 17.8. The van der Waals surface area contributed by atoms with Gasteiger partial charge in [0.25, 0.3) is 11.8 Å². The van der Waals surface area contributed by atoms with E-state index in [0.717, 1.165) is 0 Å². The van der Waals surface area contributed by atoms with E-state index in [4.69, 9.17) is 14.2 Å². The number of nitrogens with one attached hydrogen (secondary N) is 1. The molecule has 0 unspecified atom stereocenters. The predicted molar refractivity (Wildman–Crippen MR) is 130 cm³/mol. The van der Waals surface area contributed by atoms with Crippen molar-refractivity contribution >= 4 is 17.5 Å². The van der Waals surface area contributed by atoms with Gasteiger partial charge in [0.1, 0.15) is 41.4 Å². The molecule has 5 rings (SSSR count). The van der Waals surface area contributed by atoms with Crippen LogP contribution in [-0.2, 0) is 9.53 Å². The summed E-state index contributed by atoms with van der Waals surface area (Å²) >= 11 is 0. The lowest BCUT2D eigenvalue weighted by Gasteiger charge is -2.30. The quantitative estimate of drug-likeness (QED) is 0.526. The number of aromatic nitrogens is 1. The molecule has 1 fully saturated rings. The van der Waals surface area contributed by atoms with E-state index >= 15 is 0 Å². The molecular weight excluding hydrogens is 481 g/mol. The number of halogens is 1. The van der Waals surface area contributed by atoms with Crippen LogP contribution in [0.5, 0.6) is 17.2 Å². The highest BCUT2D eigenvalue weighted by atomic mass is 19.1. The van der Waals surface area contributed by atoms with Gasteiger partial charge < -0.3 is 29.5 Å². The number of amides is 2. The third-order valence-electron chi connectivity index (χ3n) is 5.79. The van der Waals surface area contributed by atoms with Gasteiger partial charge in [-0.15, -0.1) is 0 Å². The van der Waals surface area contributed by atoms with Gasteiger partial charge in [0.15, 0.2) is 5.60 Å². The van der Waals surface area contributed by atoms with Crippen molar-refractivity contribution in [2.45, 2.75) is 11.6 Å². The summed E-state index contributed by atoms with van der Waals surface area (Å²) in [6.45, 7) is 0.226. The van der Waals surface area contributed by atoms with E-state index in [9.17, 15) is 19.1 Å². The largest absolute Gasteiger partial charge is 0.489 e. The molecule has 0 saturated carbocycles.